The number of aryl methyl sites for hydroxylation is 1. The van der Waals surface area contributed by atoms with Gasteiger partial charge in [-0.2, -0.15) is 5.10 Å². The predicted molar refractivity (Wildman–Crippen MR) is 166 cm³/mol. The molecule has 7 heteroatoms. The lowest BCUT2D eigenvalue weighted by Crippen LogP contribution is -2.48. The van der Waals surface area contributed by atoms with Crippen molar-refractivity contribution in [2.24, 2.45) is 0 Å². The third kappa shape index (κ3) is 4.72. The van der Waals surface area contributed by atoms with Gasteiger partial charge in [-0.15, -0.1) is 0 Å². The van der Waals surface area contributed by atoms with Gasteiger partial charge in [-0.1, -0.05) is 66.7 Å². The molecule has 0 amide bonds. The largest absolute Gasteiger partial charge is 0.325 e. The van der Waals surface area contributed by atoms with E-state index >= 15 is 0 Å². The maximum Gasteiger partial charge on any atom is 0.157 e. The highest BCUT2D eigenvalue weighted by molar-refractivity contribution is 5.77. The summed E-state index contributed by atoms with van der Waals surface area (Å²) in [5, 5.41) is 7.43. The summed E-state index contributed by atoms with van der Waals surface area (Å²) < 4.78 is 0. The summed E-state index contributed by atoms with van der Waals surface area (Å²) in [5.74, 6) is 1.49. The molecule has 5 aromatic rings. The summed E-state index contributed by atoms with van der Waals surface area (Å²) in [6, 6.07) is 40.2. The second-order valence-corrected chi connectivity index (χ2v) is 10.2. The van der Waals surface area contributed by atoms with Gasteiger partial charge in [0.05, 0.1) is 5.69 Å². The lowest BCUT2D eigenvalue weighted by Gasteiger charge is -2.40. The Kier molecular flexibility index (Phi) is 6.45. The second-order valence-electron chi connectivity index (χ2n) is 10.2. The molecule has 3 heterocycles. The summed E-state index contributed by atoms with van der Waals surface area (Å²) in [6.07, 6.45) is 9.59. The number of anilines is 4. The molecule has 0 saturated heterocycles. The van der Waals surface area contributed by atoms with Crippen molar-refractivity contribution in [3.8, 4) is 11.4 Å². The van der Waals surface area contributed by atoms with E-state index in [4.69, 9.17) is 0 Å². The quantitative estimate of drug-likeness (QED) is 0.239. The fraction of sp³-hybridized carbons (Fsp3) is 0.118. The molecule has 1 aromatic heterocycles. The summed E-state index contributed by atoms with van der Waals surface area (Å²) in [5.41, 5.74) is 5.56. The van der Waals surface area contributed by atoms with Crippen LogP contribution in [0.1, 0.15) is 12.2 Å². The van der Waals surface area contributed by atoms with Crippen LogP contribution >= 0.6 is 0 Å². The SMILES string of the molecule is Cc1n[nH]c(-c2ccccc2N2C=CN(c3ccccc3)[C@H]2CC2N(c3ccccc3)C=CN2c2ccccc2)n1. The fourth-order valence-electron chi connectivity index (χ4n) is 5.78. The Morgan fingerprint density at radius 2 is 1.00 bits per heavy atom. The topological polar surface area (TPSA) is 54.5 Å². The molecule has 0 radical (unpaired) electrons. The summed E-state index contributed by atoms with van der Waals surface area (Å²) in [7, 11) is 0. The number of hydrogen-bond donors (Lipinski definition) is 1. The molecule has 0 spiro atoms. The first kappa shape index (κ1) is 24.7. The molecule has 0 fully saturated rings. The number of nitrogens with one attached hydrogen (secondary N) is 1. The summed E-state index contributed by atoms with van der Waals surface area (Å²) >= 11 is 0. The maximum absolute atomic E-state index is 4.66. The molecule has 0 unspecified atom stereocenters. The van der Waals surface area contributed by atoms with Crippen molar-refractivity contribution >= 4 is 22.7 Å². The molecule has 7 rings (SSSR count). The zero-order chi connectivity index (χ0) is 27.6. The Morgan fingerprint density at radius 1 is 0.561 bits per heavy atom. The van der Waals surface area contributed by atoms with E-state index in [0.717, 1.165) is 46.4 Å². The fourth-order valence-corrected chi connectivity index (χ4v) is 5.78. The number of hydrogen-bond acceptors (Lipinski definition) is 6. The zero-order valence-electron chi connectivity index (χ0n) is 22.8. The van der Waals surface area contributed by atoms with Gasteiger partial charge in [0.1, 0.15) is 18.2 Å². The van der Waals surface area contributed by atoms with Crippen LogP contribution in [0.3, 0.4) is 0 Å². The number of para-hydroxylation sites is 4. The highest BCUT2D eigenvalue weighted by atomic mass is 15.4. The van der Waals surface area contributed by atoms with E-state index < -0.39 is 0 Å². The van der Waals surface area contributed by atoms with E-state index in [-0.39, 0.29) is 12.3 Å². The molecule has 1 atom stereocenters. The monoisotopic (exact) mass is 537 g/mol. The van der Waals surface area contributed by atoms with Crippen LogP contribution in [0.25, 0.3) is 11.4 Å². The average Bonchev–Trinajstić information content (AvgIpc) is 3.77. The minimum atomic E-state index is -0.00936. The number of rotatable bonds is 7. The van der Waals surface area contributed by atoms with Gasteiger partial charge >= 0.3 is 0 Å². The Bertz CT molecular complexity index is 1610. The van der Waals surface area contributed by atoms with E-state index in [1.54, 1.807) is 0 Å². The lowest BCUT2D eigenvalue weighted by atomic mass is 10.1. The zero-order valence-corrected chi connectivity index (χ0v) is 22.8. The third-order valence-electron chi connectivity index (χ3n) is 7.68. The first-order chi connectivity index (χ1) is 20.3. The Morgan fingerprint density at radius 3 is 1.49 bits per heavy atom. The van der Waals surface area contributed by atoms with Crippen LogP contribution in [0, 0.1) is 6.92 Å². The van der Waals surface area contributed by atoms with Crippen molar-refractivity contribution in [3.63, 3.8) is 0 Å². The number of benzene rings is 4. The molecule has 41 heavy (non-hydrogen) atoms. The molecule has 2 aliphatic rings. The van der Waals surface area contributed by atoms with Gasteiger partial charge in [0, 0.05) is 53.8 Å². The number of H-pyrrole nitrogens is 1. The number of aromatic amines is 1. The van der Waals surface area contributed by atoms with Crippen molar-refractivity contribution < 1.29 is 0 Å². The van der Waals surface area contributed by atoms with Crippen molar-refractivity contribution in [1.29, 1.82) is 0 Å². The van der Waals surface area contributed by atoms with E-state index in [9.17, 15) is 0 Å². The minimum Gasteiger partial charge on any atom is -0.325 e. The summed E-state index contributed by atoms with van der Waals surface area (Å²) in [6.45, 7) is 1.90. The Hall–Kier alpha value is -5.30. The Balaban J connectivity index is 1.31. The number of aromatic nitrogens is 3. The predicted octanol–water partition coefficient (Wildman–Crippen LogP) is 7.12. The van der Waals surface area contributed by atoms with E-state index in [2.05, 4.69) is 175 Å². The molecule has 2 aliphatic heterocycles. The normalized spacial score (nSPS) is 16.8. The number of nitrogens with zero attached hydrogens (tertiary/aromatic N) is 6. The smallest absolute Gasteiger partial charge is 0.157 e. The van der Waals surface area contributed by atoms with Crippen LogP contribution in [-0.2, 0) is 0 Å². The first-order valence-electron chi connectivity index (χ1n) is 13.9. The van der Waals surface area contributed by atoms with Gasteiger partial charge in [-0.05, 0) is 55.5 Å². The average molecular weight is 538 g/mol. The van der Waals surface area contributed by atoms with Crippen LogP contribution < -0.4 is 19.6 Å². The third-order valence-corrected chi connectivity index (χ3v) is 7.68. The standard InChI is InChI=1S/C34H31N7/c1-26-35-34(37-36-26)30-19-11-12-20-31(30)41-24-23-40(29-17-9-4-10-18-29)33(41)25-32-38(27-13-5-2-6-14-27)21-22-39(32)28-15-7-3-8-16-28/h2-24,32-33H,25H2,1H3,(H,35,36,37)/t33-/m1/s1. The molecule has 0 bridgehead atoms. The van der Waals surface area contributed by atoms with Crippen LogP contribution in [-0.4, -0.2) is 27.5 Å². The molecule has 4 aromatic carbocycles. The van der Waals surface area contributed by atoms with Gasteiger partial charge in [0.15, 0.2) is 5.82 Å². The van der Waals surface area contributed by atoms with Gasteiger partial charge < -0.3 is 19.6 Å². The molecule has 7 nitrogen and oxygen atoms in total. The lowest BCUT2D eigenvalue weighted by molar-refractivity contribution is 0.532. The maximum atomic E-state index is 4.66. The van der Waals surface area contributed by atoms with Gasteiger partial charge in [-0.25, -0.2) is 4.98 Å². The minimum absolute atomic E-state index is 0.00936. The molecule has 0 aliphatic carbocycles. The van der Waals surface area contributed by atoms with E-state index in [1.807, 2.05) is 6.92 Å². The van der Waals surface area contributed by atoms with E-state index in [0.29, 0.717) is 0 Å². The highest BCUT2D eigenvalue weighted by Crippen LogP contribution is 2.39. The van der Waals surface area contributed by atoms with Crippen LogP contribution in [0.5, 0.6) is 0 Å². The Labute approximate surface area is 240 Å². The summed E-state index contributed by atoms with van der Waals surface area (Å²) in [4.78, 5) is 14.1. The van der Waals surface area contributed by atoms with Crippen molar-refractivity contribution in [2.45, 2.75) is 25.7 Å². The van der Waals surface area contributed by atoms with Gasteiger partial charge in [0.2, 0.25) is 0 Å². The molecule has 1 N–H and O–H groups in total. The molecular formula is C34H31N7. The van der Waals surface area contributed by atoms with Crippen LogP contribution in [0.4, 0.5) is 22.7 Å². The van der Waals surface area contributed by atoms with Gasteiger partial charge in [-0.3, -0.25) is 5.10 Å². The van der Waals surface area contributed by atoms with Crippen molar-refractivity contribution in [3.05, 3.63) is 146 Å². The first-order valence-corrected chi connectivity index (χ1v) is 13.9. The molecule has 0 saturated carbocycles. The van der Waals surface area contributed by atoms with Crippen molar-refractivity contribution in [2.75, 3.05) is 19.6 Å². The second kappa shape index (κ2) is 10.7. The van der Waals surface area contributed by atoms with E-state index in [1.165, 1.54) is 0 Å². The molecule has 202 valence electrons. The molecular weight excluding hydrogens is 506 g/mol. The van der Waals surface area contributed by atoms with Crippen LogP contribution in [0.2, 0.25) is 0 Å². The van der Waals surface area contributed by atoms with Crippen molar-refractivity contribution in [1.82, 2.24) is 15.2 Å². The van der Waals surface area contributed by atoms with Crippen LogP contribution in [0.15, 0.2) is 140 Å². The van der Waals surface area contributed by atoms with Gasteiger partial charge in [0.25, 0.3) is 0 Å². The highest BCUT2D eigenvalue weighted by Gasteiger charge is 2.38.